The van der Waals surface area contributed by atoms with Crippen molar-refractivity contribution in [3.8, 4) is 0 Å². The SMILES string of the molecule is Cc1ccc(NC(=O)C(F)(F)C(F)(F)C(F)(F)C(F)(F)C(=O)Nc2ccc(C)cc2[N+](=O)[O-])c([N+](=O)[O-])c1. The fourth-order valence-electron chi connectivity index (χ4n) is 2.88. The number of carbonyl (C=O) groups excluding carboxylic acids is 2. The van der Waals surface area contributed by atoms with E-state index in [0.29, 0.717) is 24.3 Å². The van der Waals surface area contributed by atoms with Crippen LogP contribution >= 0.6 is 0 Å². The first kappa shape index (κ1) is 29.8. The molecule has 0 radical (unpaired) electrons. The predicted octanol–water partition coefficient (Wildman–Crippen LogP) is 5.24. The predicted molar refractivity (Wildman–Crippen MR) is 113 cm³/mol. The minimum atomic E-state index is -7.27. The normalized spacial score (nSPS) is 12.6. The molecule has 0 saturated heterocycles. The Labute approximate surface area is 205 Å². The molecule has 2 aromatic rings. The Hall–Kier alpha value is -4.38. The Morgan fingerprint density at radius 2 is 0.947 bits per heavy atom. The number of hydrogen-bond donors (Lipinski definition) is 2. The molecular weight excluding hydrogens is 544 g/mol. The average Bonchev–Trinajstić information content (AvgIpc) is 2.80. The third-order valence-electron chi connectivity index (χ3n) is 4.95. The first-order chi connectivity index (χ1) is 17.2. The van der Waals surface area contributed by atoms with E-state index in [1.165, 1.54) is 13.8 Å². The second kappa shape index (κ2) is 9.82. The molecule has 2 amide bonds. The third-order valence-corrected chi connectivity index (χ3v) is 4.95. The first-order valence-electron chi connectivity index (χ1n) is 9.82. The summed E-state index contributed by atoms with van der Waals surface area (Å²) in [6.45, 7) is 2.56. The second-order valence-corrected chi connectivity index (χ2v) is 7.76. The number of rotatable bonds is 9. The highest BCUT2D eigenvalue weighted by Crippen LogP contribution is 2.53. The van der Waals surface area contributed by atoms with E-state index in [-0.39, 0.29) is 11.1 Å². The smallest absolute Gasteiger partial charge is 0.315 e. The Kier molecular flexibility index (Phi) is 7.72. The van der Waals surface area contributed by atoms with Crippen molar-refractivity contribution in [3.63, 3.8) is 0 Å². The van der Waals surface area contributed by atoms with E-state index in [2.05, 4.69) is 0 Å². The number of amides is 2. The molecule has 10 nitrogen and oxygen atoms in total. The van der Waals surface area contributed by atoms with Gasteiger partial charge in [-0.1, -0.05) is 12.1 Å². The number of benzene rings is 2. The Bertz CT molecular complexity index is 1220. The summed E-state index contributed by atoms with van der Waals surface area (Å²) in [6.07, 6.45) is 0. The quantitative estimate of drug-likeness (QED) is 0.245. The number of nitrogens with one attached hydrogen (secondary N) is 2. The van der Waals surface area contributed by atoms with E-state index in [4.69, 9.17) is 0 Å². The molecule has 2 rings (SSSR count). The number of carbonyl (C=O) groups is 2. The van der Waals surface area contributed by atoms with Gasteiger partial charge in [0.15, 0.2) is 0 Å². The van der Waals surface area contributed by atoms with E-state index >= 15 is 0 Å². The summed E-state index contributed by atoms with van der Waals surface area (Å²) < 4.78 is 114. The summed E-state index contributed by atoms with van der Waals surface area (Å²) in [7, 11) is 0. The van der Waals surface area contributed by atoms with Crippen LogP contribution in [0.2, 0.25) is 0 Å². The lowest BCUT2D eigenvalue weighted by molar-refractivity contribution is -0.384. The maximum absolute atomic E-state index is 14.3. The van der Waals surface area contributed by atoms with E-state index in [0.717, 1.165) is 22.8 Å². The molecule has 0 atom stereocenters. The number of anilines is 2. The molecule has 38 heavy (non-hydrogen) atoms. The van der Waals surface area contributed by atoms with Crippen molar-refractivity contribution in [2.24, 2.45) is 0 Å². The highest BCUT2D eigenvalue weighted by molar-refractivity contribution is 6.00. The standard InChI is InChI=1S/C20H14F8N4O6/c1-9-3-5-11(13(7-9)31(35)36)29-15(33)17(21,22)19(25,26)20(27,28)18(23,24)16(34)30-12-6-4-10(2)8-14(12)32(37)38/h3-8H,1-2H3,(H,29,33)(H,30,34). The number of aryl methyl sites for hydroxylation is 2. The number of nitro groups is 2. The molecule has 0 fully saturated rings. The molecule has 18 heteroatoms. The molecule has 0 saturated carbocycles. The zero-order chi connectivity index (χ0) is 29.4. The van der Waals surface area contributed by atoms with Gasteiger partial charge in [0.25, 0.3) is 11.4 Å². The molecule has 0 aliphatic heterocycles. The van der Waals surface area contributed by atoms with Crippen molar-refractivity contribution in [1.82, 2.24) is 0 Å². The lowest BCUT2D eigenvalue weighted by Crippen LogP contribution is -2.67. The highest BCUT2D eigenvalue weighted by Gasteiger charge is 2.84. The minimum Gasteiger partial charge on any atom is -0.315 e. The maximum atomic E-state index is 14.3. The average molecular weight is 558 g/mol. The molecule has 0 unspecified atom stereocenters. The molecular formula is C20H14F8N4O6. The van der Waals surface area contributed by atoms with E-state index in [1.54, 1.807) is 0 Å². The number of nitro benzene ring substituents is 2. The van der Waals surface area contributed by atoms with Crippen molar-refractivity contribution < 1.29 is 54.6 Å². The summed E-state index contributed by atoms with van der Waals surface area (Å²) in [6, 6.07) is 4.54. The van der Waals surface area contributed by atoms with Crippen LogP contribution in [-0.2, 0) is 9.59 Å². The molecule has 0 bridgehead atoms. The summed E-state index contributed by atoms with van der Waals surface area (Å²) >= 11 is 0. The van der Waals surface area contributed by atoms with E-state index in [9.17, 15) is 64.9 Å². The summed E-state index contributed by atoms with van der Waals surface area (Å²) in [5, 5.41) is 23.9. The molecule has 2 N–H and O–H groups in total. The van der Waals surface area contributed by atoms with Gasteiger partial charge in [-0.25, -0.2) is 0 Å². The van der Waals surface area contributed by atoms with Crippen molar-refractivity contribution >= 4 is 34.6 Å². The van der Waals surface area contributed by atoms with Gasteiger partial charge < -0.3 is 10.6 Å². The van der Waals surface area contributed by atoms with Crippen LogP contribution < -0.4 is 10.6 Å². The minimum absolute atomic E-state index is 0.137. The first-order valence-corrected chi connectivity index (χ1v) is 9.82. The molecule has 0 spiro atoms. The summed E-state index contributed by atoms with van der Waals surface area (Å²) in [4.78, 5) is 43.2. The zero-order valence-corrected chi connectivity index (χ0v) is 18.8. The third kappa shape index (κ3) is 5.05. The Morgan fingerprint density at radius 1 is 0.658 bits per heavy atom. The number of hydrogen-bond acceptors (Lipinski definition) is 6. The fraction of sp³-hybridized carbons (Fsp3) is 0.300. The molecule has 0 aromatic heterocycles. The topological polar surface area (TPSA) is 144 Å². The van der Waals surface area contributed by atoms with Crippen LogP contribution in [0, 0.1) is 34.1 Å². The summed E-state index contributed by atoms with van der Waals surface area (Å²) in [5.74, 6) is -34.6. The lowest BCUT2D eigenvalue weighted by Gasteiger charge is -2.35. The molecule has 0 heterocycles. The largest absolute Gasteiger partial charge is 0.393 e. The van der Waals surface area contributed by atoms with Crippen LogP contribution in [0.25, 0.3) is 0 Å². The maximum Gasteiger partial charge on any atom is 0.393 e. The molecule has 206 valence electrons. The molecule has 0 aliphatic carbocycles. The van der Waals surface area contributed by atoms with E-state index in [1.807, 2.05) is 0 Å². The van der Waals surface area contributed by atoms with Gasteiger partial charge in [0.05, 0.1) is 9.85 Å². The molecule has 0 aliphatic rings. The van der Waals surface area contributed by atoms with Gasteiger partial charge in [-0.05, 0) is 37.1 Å². The van der Waals surface area contributed by atoms with Crippen LogP contribution in [-0.4, -0.2) is 45.4 Å². The van der Waals surface area contributed by atoms with Crippen molar-refractivity contribution in [3.05, 3.63) is 67.8 Å². The van der Waals surface area contributed by atoms with Crippen molar-refractivity contribution in [1.29, 1.82) is 0 Å². The van der Waals surface area contributed by atoms with Crippen LogP contribution in [0.1, 0.15) is 11.1 Å². The van der Waals surface area contributed by atoms with Gasteiger partial charge in [0.1, 0.15) is 11.4 Å². The monoisotopic (exact) mass is 558 g/mol. The Balaban J connectivity index is 2.43. The van der Waals surface area contributed by atoms with Gasteiger partial charge in [-0.3, -0.25) is 29.8 Å². The zero-order valence-electron chi connectivity index (χ0n) is 18.8. The van der Waals surface area contributed by atoms with Gasteiger partial charge in [0, 0.05) is 12.1 Å². The number of halogens is 8. The molecule has 2 aromatic carbocycles. The fourth-order valence-corrected chi connectivity index (χ4v) is 2.88. The van der Waals surface area contributed by atoms with Crippen LogP contribution in [0.4, 0.5) is 57.9 Å². The highest BCUT2D eigenvalue weighted by atomic mass is 19.4. The Morgan fingerprint density at radius 3 is 1.21 bits per heavy atom. The number of alkyl halides is 8. The summed E-state index contributed by atoms with van der Waals surface area (Å²) in [5.41, 5.74) is -4.26. The van der Waals surface area contributed by atoms with Gasteiger partial charge >= 0.3 is 35.5 Å². The van der Waals surface area contributed by atoms with Crippen LogP contribution in [0.15, 0.2) is 36.4 Å². The van der Waals surface area contributed by atoms with Crippen LogP contribution in [0.5, 0.6) is 0 Å². The van der Waals surface area contributed by atoms with Crippen molar-refractivity contribution in [2.75, 3.05) is 10.6 Å². The van der Waals surface area contributed by atoms with Gasteiger partial charge in [0.2, 0.25) is 0 Å². The van der Waals surface area contributed by atoms with Gasteiger partial charge in [-0.15, -0.1) is 0 Å². The van der Waals surface area contributed by atoms with E-state index < -0.39 is 68.1 Å². The van der Waals surface area contributed by atoms with Crippen LogP contribution in [0.3, 0.4) is 0 Å². The van der Waals surface area contributed by atoms with Crippen molar-refractivity contribution in [2.45, 2.75) is 37.5 Å². The lowest BCUT2D eigenvalue weighted by atomic mass is 9.97. The number of nitrogens with zero attached hydrogens (tertiary/aromatic N) is 2. The second-order valence-electron chi connectivity index (χ2n) is 7.76. The van der Waals surface area contributed by atoms with Gasteiger partial charge in [-0.2, -0.15) is 35.1 Å².